The highest BCUT2D eigenvalue weighted by atomic mass is 16.5. The van der Waals surface area contributed by atoms with E-state index in [0.717, 1.165) is 31.5 Å². The SMILES string of the molecule is COc1ccc(C(C#N)N2CCCC2)c(OC)c1OC. The highest BCUT2D eigenvalue weighted by Crippen LogP contribution is 2.43. The van der Waals surface area contributed by atoms with E-state index >= 15 is 0 Å². The van der Waals surface area contributed by atoms with Gasteiger partial charge in [-0.25, -0.2) is 0 Å². The van der Waals surface area contributed by atoms with Gasteiger partial charge in [-0.3, -0.25) is 4.90 Å². The van der Waals surface area contributed by atoms with Crippen LogP contribution in [-0.4, -0.2) is 39.3 Å². The van der Waals surface area contributed by atoms with E-state index in [0.29, 0.717) is 17.2 Å². The molecule has 1 aliphatic rings. The van der Waals surface area contributed by atoms with Crippen molar-refractivity contribution in [3.05, 3.63) is 17.7 Å². The van der Waals surface area contributed by atoms with Crippen molar-refractivity contribution in [3.63, 3.8) is 0 Å². The van der Waals surface area contributed by atoms with E-state index in [4.69, 9.17) is 14.2 Å². The minimum absolute atomic E-state index is 0.313. The molecule has 0 saturated carbocycles. The van der Waals surface area contributed by atoms with Crippen LogP contribution in [0.15, 0.2) is 12.1 Å². The van der Waals surface area contributed by atoms with Crippen LogP contribution in [0.1, 0.15) is 24.4 Å². The molecule has 0 radical (unpaired) electrons. The molecule has 0 N–H and O–H groups in total. The van der Waals surface area contributed by atoms with Gasteiger partial charge >= 0.3 is 0 Å². The van der Waals surface area contributed by atoms with Crippen LogP contribution in [0.25, 0.3) is 0 Å². The Labute approximate surface area is 119 Å². The number of hydrogen-bond acceptors (Lipinski definition) is 5. The fraction of sp³-hybridized carbons (Fsp3) is 0.533. The normalized spacial score (nSPS) is 16.5. The number of nitrogens with zero attached hydrogens (tertiary/aromatic N) is 2. The summed E-state index contributed by atoms with van der Waals surface area (Å²) in [4.78, 5) is 2.17. The molecule has 20 heavy (non-hydrogen) atoms. The van der Waals surface area contributed by atoms with E-state index in [2.05, 4.69) is 11.0 Å². The Hall–Kier alpha value is -1.93. The molecule has 1 unspecified atom stereocenters. The van der Waals surface area contributed by atoms with E-state index in [1.807, 2.05) is 12.1 Å². The highest BCUT2D eigenvalue weighted by Gasteiger charge is 2.28. The number of methoxy groups -OCH3 is 3. The Balaban J connectivity index is 2.46. The Morgan fingerprint density at radius 1 is 1.05 bits per heavy atom. The van der Waals surface area contributed by atoms with Crippen molar-refractivity contribution in [1.82, 2.24) is 4.90 Å². The monoisotopic (exact) mass is 276 g/mol. The molecule has 0 amide bonds. The first kappa shape index (κ1) is 14.5. The average Bonchev–Trinajstić information content (AvgIpc) is 3.01. The summed E-state index contributed by atoms with van der Waals surface area (Å²) in [6, 6.07) is 5.76. The summed E-state index contributed by atoms with van der Waals surface area (Å²) >= 11 is 0. The number of nitriles is 1. The lowest BCUT2D eigenvalue weighted by molar-refractivity contribution is 0.278. The van der Waals surface area contributed by atoms with Crippen LogP contribution in [-0.2, 0) is 0 Å². The van der Waals surface area contributed by atoms with Crippen LogP contribution in [0.3, 0.4) is 0 Å². The second kappa shape index (κ2) is 6.49. The van der Waals surface area contributed by atoms with Gasteiger partial charge < -0.3 is 14.2 Å². The second-order valence-electron chi connectivity index (χ2n) is 4.70. The molecule has 0 aliphatic carbocycles. The average molecular weight is 276 g/mol. The summed E-state index contributed by atoms with van der Waals surface area (Å²) in [6.07, 6.45) is 2.27. The Bertz CT molecular complexity index is 505. The first-order valence-electron chi connectivity index (χ1n) is 6.69. The Morgan fingerprint density at radius 3 is 2.20 bits per heavy atom. The van der Waals surface area contributed by atoms with Crippen LogP contribution in [0.4, 0.5) is 0 Å². The highest BCUT2D eigenvalue weighted by molar-refractivity contribution is 5.57. The molecular formula is C15H20N2O3. The minimum atomic E-state index is -0.313. The second-order valence-corrected chi connectivity index (χ2v) is 4.70. The third kappa shape index (κ3) is 2.52. The fourth-order valence-corrected chi connectivity index (χ4v) is 2.69. The van der Waals surface area contributed by atoms with Gasteiger partial charge in [-0.2, -0.15) is 5.26 Å². The molecule has 0 aromatic heterocycles. The van der Waals surface area contributed by atoms with Gasteiger partial charge in [-0.1, -0.05) is 0 Å². The lowest BCUT2D eigenvalue weighted by atomic mass is 10.0. The third-order valence-corrected chi connectivity index (χ3v) is 3.66. The Morgan fingerprint density at radius 2 is 1.70 bits per heavy atom. The molecule has 2 rings (SSSR count). The largest absolute Gasteiger partial charge is 0.493 e. The maximum atomic E-state index is 9.53. The zero-order valence-corrected chi connectivity index (χ0v) is 12.2. The van der Waals surface area contributed by atoms with Crippen LogP contribution >= 0.6 is 0 Å². The molecule has 5 nitrogen and oxygen atoms in total. The minimum Gasteiger partial charge on any atom is -0.493 e. The summed E-state index contributed by atoms with van der Waals surface area (Å²) in [7, 11) is 4.74. The van der Waals surface area contributed by atoms with Crippen molar-refractivity contribution in [2.45, 2.75) is 18.9 Å². The molecule has 1 aromatic carbocycles. The van der Waals surface area contributed by atoms with E-state index in [9.17, 15) is 5.26 Å². The van der Waals surface area contributed by atoms with Gasteiger partial charge in [0, 0.05) is 5.56 Å². The van der Waals surface area contributed by atoms with Crippen LogP contribution in [0, 0.1) is 11.3 Å². The molecule has 0 bridgehead atoms. The van der Waals surface area contributed by atoms with Crippen LogP contribution < -0.4 is 14.2 Å². The number of rotatable bonds is 5. The lowest BCUT2D eigenvalue weighted by Gasteiger charge is -2.24. The maximum absolute atomic E-state index is 9.53. The zero-order valence-electron chi connectivity index (χ0n) is 12.2. The lowest BCUT2D eigenvalue weighted by Crippen LogP contribution is -2.25. The summed E-state index contributed by atoms with van der Waals surface area (Å²) < 4.78 is 16.1. The molecular weight excluding hydrogens is 256 g/mol. The maximum Gasteiger partial charge on any atom is 0.203 e. The first-order chi connectivity index (χ1) is 9.76. The van der Waals surface area contributed by atoms with Gasteiger partial charge in [-0.15, -0.1) is 0 Å². The predicted molar refractivity (Wildman–Crippen MR) is 75.3 cm³/mol. The molecule has 0 spiro atoms. The van der Waals surface area contributed by atoms with Gasteiger partial charge in [0.05, 0.1) is 27.4 Å². The molecule has 1 aromatic rings. The molecule has 1 aliphatic heterocycles. The number of ether oxygens (including phenoxy) is 3. The van der Waals surface area contributed by atoms with Crippen molar-refractivity contribution in [3.8, 4) is 23.3 Å². The first-order valence-corrected chi connectivity index (χ1v) is 6.69. The predicted octanol–water partition coefficient (Wildman–Crippen LogP) is 2.37. The smallest absolute Gasteiger partial charge is 0.203 e. The van der Waals surface area contributed by atoms with Gasteiger partial charge in [-0.05, 0) is 38.1 Å². The molecule has 5 heteroatoms. The number of hydrogen-bond donors (Lipinski definition) is 0. The molecule has 1 heterocycles. The number of benzene rings is 1. The molecule has 1 atom stereocenters. The van der Waals surface area contributed by atoms with Crippen molar-refractivity contribution < 1.29 is 14.2 Å². The zero-order chi connectivity index (χ0) is 14.5. The molecule has 1 saturated heterocycles. The van der Waals surface area contributed by atoms with Gasteiger partial charge in [0.25, 0.3) is 0 Å². The van der Waals surface area contributed by atoms with Crippen LogP contribution in [0.5, 0.6) is 17.2 Å². The topological polar surface area (TPSA) is 54.7 Å². The Kier molecular flexibility index (Phi) is 4.70. The van der Waals surface area contributed by atoms with E-state index < -0.39 is 0 Å². The summed E-state index contributed by atoms with van der Waals surface area (Å²) in [5, 5.41) is 9.53. The van der Waals surface area contributed by atoms with Crippen molar-refractivity contribution >= 4 is 0 Å². The van der Waals surface area contributed by atoms with Crippen molar-refractivity contribution in [2.24, 2.45) is 0 Å². The van der Waals surface area contributed by atoms with Crippen molar-refractivity contribution in [1.29, 1.82) is 5.26 Å². The third-order valence-electron chi connectivity index (χ3n) is 3.66. The van der Waals surface area contributed by atoms with Crippen molar-refractivity contribution in [2.75, 3.05) is 34.4 Å². The summed E-state index contributed by atoms with van der Waals surface area (Å²) in [5.74, 6) is 1.71. The quantitative estimate of drug-likeness (QED) is 0.826. The van der Waals surface area contributed by atoms with E-state index in [1.165, 1.54) is 0 Å². The van der Waals surface area contributed by atoms with Crippen LogP contribution in [0.2, 0.25) is 0 Å². The van der Waals surface area contributed by atoms with Gasteiger partial charge in [0.2, 0.25) is 5.75 Å². The summed E-state index contributed by atoms with van der Waals surface area (Å²) in [6.45, 7) is 1.88. The fourth-order valence-electron chi connectivity index (χ4n) is 2.69. The molecule has 1 fully saturated rings. The standard InChI is InChI=1S/C15H20N2O3/c1-18-13-7-6-11(14(19-2)15(13)20-3)12(10-16)17-8-4-5-9-17/h6-7,12H,4-5,8-9H2,1-3H3. The summed E-state index contributed by atoms with van der Waals surface area (Å²) in [5.41, 5.74) is 0.828. The van der Waals surface area contributed by atoms with E-state index in [1.54, 1.807) is 21.3 Å². The molecule has 108 valence electrons. The van der Waals surface area contributed by atoms with Gasteiger partial charge in [0.1, 0.15) is 6.04 Å². The van der Waals surface area contributed by atoms with Gasteiger partial charge in [0.15, 0.2) is 11.5 Å². The number of likely N-dealkylation sites (tertiary alicyclic amines) is 1. The van der Waals surface area contributed by atoms with E-state index in [-0.39, 0.29) is 6.04 Å².